The third-order valence-electron chi connectivity index (χ3n) is 5.48. The molecule has 4 nitrogen and oxygen atoms in total. The van der Waals surface area contributed by atoms with Crippen LogP contribution in [0.15, 0.2) is 107 Å². The molecule has 0 aromatic heterocycles. The van der Waals surface area contributed by atoms with Crippen molar-refractivity contribution in [3.05, 3.63) is 113 Å². The number of carbonyl (C=O) groups excluding carboxylic acids is 1. The Kier molecular flexibility index (Phi) is 5.96. The number of para-hydroxylation sites is 1. The molecule has 0 N–H and O–H groups in total. The first-order chi connectivity index (χ1) is 16.2. The number of methoxy groups -OCH3 is 1. The fourth-order valence-electron chi connectivity index (χ4n) is 3.85. The Labute approximate surface area is 197 Å². The summed E-state index contributed by atoms with van der Waals surface area (Å²) >= 11 is 1.41. The van der Waals surface area contributed by atoms with E-state index in [1.54, 1.807) is 12.0 Å². The molecule has 0 spiro atoms. The molecule has 4 aromatic rings. The molecule has 4 aromatic carbocycles. The lowest BCUT2D eigenvalue weighted by molar-refractivity contribution is -0.122. The van der Waals surface area contributed by atoms with E-state index >= 15 is 0 Å². The molecule has 0 unspecified atom stereocenters. The summed E-state index contributed by atoms with van der Waals surface area (Å²) in [6.45, 7) is 0.471. The summed E-state index contributed by atoms with van der Waals surface area (Å²) in [7, 11) is 1.67. The third-order valence-corrected chi connectivity index (χ3v) is 6.48. The van der Waals surface area contributed by atoms with Gasteiger partial charge in [-0.2, -0.15) is 0 Å². The first-order valence-corrected chi connectivity index (χ1v) is 11.5. The minimum absolute atomic E-state index is 0.0431. The number of aliphatic imine (C=N–C) groups is 1. The molecule has 5 rings (SSSR count). The van der Waals surface area contributed by atoms with Gasteiger partial charge in [-0.05, 0) is 52.6 Å². The van der Waals surface area contributed by atoms with E-state index < -0.39 is 0 Å². The van der Waals surface area contributed by atoms with Crippen molar-refractivity contribution in [2.75, 3.05) is 7.11 Å². The smallest absolute Gasteiger partial charge is 0.267 e. The summed E-state index contributed by atoms with van der Waals surface area (Å²) in [5.41, 5.74) is 2.85. The van der Waals surface area contributed by atoms with E-state index in [2.05, 4.69) is 6.07 Å². The van der Waals surface area contributed by atoms with Crippen LogP contribution in [0.3, 0.4) is 0 Å². The van der Waals surface area contributed by atoms with Gasteiger partial charge in [-0.3, -0.25) is 9.69 Å². The Morgan fingerprint density at radius 1 is 0.848 bits per heavy atom. The molecule has 1 aliphatic rings. The lowest BCUT2D eigenvalue weighted by Gasteiger charge is -2.15. The van der Waals surface area contributed by atoms with Crippen molar-refractivity contribution < 1.29 is 9.53 Å². The van der Waals surface area contributed by atoms with E-state index in [1.165, 1.54) is 11.8 Å². The average molecular weight is 451 g/mol. The topological polar surface area (TPSA) is 41.9 Å². The van der Waals surface area contributed by atoms with Gasteiger partial charge in [-0.25, -0.2) is 4.99 Å². The molecule has 0 atom stereocenters. The van der Waals surface area contributed by atoms with Gasteiger partial charge in [0.25, 0.3) is 5.91 Å². The molecule has 1 aliphatic heterocycles. The number of nitrogens with zero attached hydrogens (tertiary/aromatic N) is 2. The van der Waals surface area contributed by atoms with Gasteiger partial charge in [0.1, 0.15) is 5.75 Å². The van der Waals surface area contributed by atoms with Crippen molar-refractivity contribution in [1.82, 2.24) is 4.90 Å². The average Bonchev–Trinajstić information content (AvgIpc) is 3.14. The largest absolute Gasteiger partial charge is 0.496 e. The molecule has 162 valence electrons. The maximum atomic E-state index is 13.5. The molecule has 0 aliphatic carbocycles. The van der Waals surface area contributed by atoms with E-state index in [9.17, 15) is 4.79 Å². The molecule has 0 radical (unpaired) electrons. The van der Waals surface area contributed by atoms with Gasteiger partial charge in [0, 0.05) is 5.39 Å². The van der Waals surface area contributed by atoms with Crippen LogP contribution in [-0.4, -0.2) is 23.1 Å². The number of ether oxygens (including phenoxy) is 1. The number of hydrogen-bond donors (Lipinski definition) is 0. The van der Waals surface area contributed by atoms with Gasteiger partial charge in [0.2, 0.25) is 0 Å². The number of benzene rings is 4. The minimum Gasteiger partial charge on any atom is -0.496 e. The van der Waals surface area contributed by atoms with E-state index in [1.807, 2.05) is 97.1 Å². The Bertz CT molecular complexity index is 1360. The quantitative estimate of drug-likeness (QED) is 0.320. The maximum Gasteiger partial charge on any atom is 0.267 e. The van der Waals surface area contributed by atoms with Crippen molar-refractivity contribution in [3.63, 3.8) is 0 Å². The van der Waals surface area contributed by atoms with Gasteiger partial charge in [0.05, 0.1) is 24.2 Å². The third kappa shape index (κ3) is 4.41. The van der Waals surface area contributed by atoms with E-state index in [0.717, 1.165) is 33.3 Å². The fraction of sp³-hybridized carbons (Fsp3) is 0.0714. The van der Waals surface area contributed by atoms with Crippen LogP contribution in [0.2, 0.25) is 0 Å². The Morgan fingerprint density at radius 2 is 1.52 bits per heavy atom. The van der Waals surface area contributed by atoms with Gasteiger partial charge in [0.15, 0.2) is 5.17 Å². The molecule has 0 saturated carbocycles. The van der Waals surface area contributed by atoms with Crippen LogP contribution in [0.1, 0.15) is 11.1 Å². The summed E-state index contributed by atoms with van der Waals surface area (Å²) in [6.07, 6.45) is 1.96. The molecule has 33 heavy (non-hydrogen) atoms. The van der Waals surface area contributed by atoms with Crippen molar-refractivity contribution in [1.29, 1.82) is 0 Å². The molecule has 0 bridgehead atoms. The lowest BCUT2D eigenvalue weighted by atomic mass is 10.0. The number of fused-ring (bicyclic) bond motifs is 1. The predicted octanol–water partition coefficient (Wildman–Crippen LogP) is 6.65. The van der Waals surface area contributed by atoms with Crippen LogP contribution in [0, 0.1) is 0 Å². The molecule has 1 heterocycles. The number of rotatable bonds is 5. The summed E-state index contributed by atoms with van der Waals surface area (Å²) < 4.78 is 5.52. The van der Waals surface area contributed by atoms with Crippen molar-refractivity contribution >= 4 is 45.4 Å². The van der Waals surface area contributed by atoms with Crippen LogP contribution >= 0.6 is 11.8 Å². The summed E-state index contributed by atoms with van der Waals surface area (Å²) in [4.78, 5) is 20.7. The monoisotopic (exact) mass is 450 g/mol. The molecular formula is C28H22N2O2S. The first kappa shape index (κ1) is 21.0. The van der Waals surface area contributed by atoms with Gasteiger partial charge in [-0.1, -0.05) is 78.9 Å². The summed E-state index contributed by atoms with van der Waals surface area (Å²) in [5, 5.41) is 2.74. The molecule has 1 saturated heterocycles. The number of amides is 1. The van der Waals surface area contributed by atoms with Crippen LogP contribution in [-0.2, 0) is 11.3 Å². The zero-order valence-electron chi connectivity index (χ0n) is 18.1. The molecule has 5 heteroatoms. The normalized spacial score (nSPS) is 16.2. The Balaban J connectivity index is 1.56. The number of amidine groups is 1. The minimum atomic E-state index is -0.0431. The summed E-state index contributed by atoms with van der Waals surface area (Å²) in [5.74, 6) is 0.772. The SMILES string of the molecule is COc1ccc(/C=C2/SC(=Nc3ccccc3)N(Cc3ccccc3)C2=O)c2ccccc12. The zero-order valence-corrected chi connectivity index (χ0v) is 19.0. The first-order valence-electron chi connectivity index (χ1n) is 10.7. The fourth-order valence-corrected chi connectivity index (χ4v) is 4.84. The lowest BCUT2D eigenvalue weighted by Crippen LogP contribution is -2.28. The second kappa shape index (κ2) is 9.35. The number of hydrogen-bond acceptors (Lipinski definition) is 4. The maximum absolute atomic E-state index is 13.5. The number of thioether (sulfide) groups is 1. The predicted molar refractivity (Wildman–Crippen MR) is 137 cm³/mol. The highest BCUT2D eigenvalue weighted by atomic mass is 32.2. The molecule has 1 amide bonds. The van der Waals surface area contributed by atoms with E-state index in [-0.39, 0.29) is 5.91 Å². The summed E-state index contributed by atoms with van der Waals surface area (Å²) in [6, 6.07) is 31.7. The standard InChI is InChI=1S/C28H22N2O2S/c1-32-25-17-16-21(23-14-8-9-15-24(23)25)18-26-27(31)30(19-20-10-4-2-5-11-20)28(33-26)29-22-12-6-3-7-13-22/h2-18H,19H2,1H3/b26-18+,29-28?. The van der Waals surface area contributed by atoms with Crippen molar-refractivity contribution in [2.45, 2.75) is 6.54 Å². The second-order valence-corrected chi connectivity index (χ2v) is 8.63. The molecule has 1 fully saturated rings. The van der Waals surface area contributed by atoms with Gasteiger partial charge in [-0.15, -0.1) is 0 Å². The highest BCUT2D eigenvalue weighted by Gasteiger charge is 2.33. The number of carbonyl (C=O) groups is 1. The van der Waals surface area contributed by atoms with Crippen LogP contribution in [0.25, 0.3) is 16.8 Å². The second-order valence-electron chi connectivity index (χ2n) is 7.62. The van der Waals surface area contributed by atoms with Gasteiger partial charge < -0.3 is 4.74 Å². The van der Waals surface area contributed by atoms with E-state index in [0.29, 0.717) is 16.6 Å². The van der Waals surface area contributed by atoms with Crippen molar-refractivity contribution in [2.24, 2.45) is 4.99 Å². The Hall–Kier alpha value is -3.83. The highest BCUT2D eigenvalue weighted by Crippen LogP contribution is 2.37. The highest BCUT2D eigenvalue weighted by molar-refractivity contribution is 8.18. The van der Waals surface area contributed by atoms with Crippen LogP contribution < -0.4 is 4.74 Å². The Morgan fingerprint density at radius 3 is 2.24 bits per heavy atom. The van der Waals surface area contributed by atoms with Crippen LogP contribution in [0.4, 0.5) is 5.69 Å². The van der Waals surface area contributed by atoms with Crippen LogP contribution in [0.5, 0.6) is 5.75 Å². The van der Waals surface area contributed by atoms with Crippen molar-refractivity contribution in [3.8, 4) is 5.75 Å². The van der Waals surface area contributed by atoms with E-state index in [4.69, 9.17) is 9.73 Å². The molecular weight excluding hydrogens is 428 g/mol. The zero-order chi connectivity index (χ0) is 22.6. The van der Waals surface area contributed by atoms with Gasteiger partial charge >= 0.3 is 0 Å².